The average molecular weight is 334 g/mol. The molecule has 10 heteroatoms. The smallest absolute Gasteiger partial charge is 0.153 e. The van der Waals surface area contributed by atoms with Crippen LogP contribution in [0.3, 0.4) is 0 Å². The molecule has 8 nitrogen and oxygen atoms in total. The van der Waals surface area contributed by atoms with Crippen LogP contribution < -0.4 is 0 Å². The number of hydrogen-bond donors (Lipinski definition) is 4. The van der Waals surface area contributed by atoms with E-state index in [4.69, 9.17) is 10.2 Å². The monoisotopic (exact) mass is 334 g/mol. The predicted molar refractivity (Wildman–Crippen MR) is 72.7 cm³/mol. The molecule has 0 radical (unpaired) electrons. The molecule has 4 N–H and O–H groups in total. The normalized spacial score (nSPS) is 16.0. The van der Waals surface area contributed by atoms with Crippen molar-refractivity contribution in [3.05, 3.63) is 0 Å². The van der Waals surface area contributed by atoms with E-state index in [0.29, 0.717) is 0 Å². The van der Waals surface area contributed by atoms with Gasteiger partial charge in [-0.05, 0) is 12.8 Å². The molecule has 0 aliphatic heterocycles. The molecule has 0 fully saturated rings. The Balaban J connectivity index is 4.45. The second kappa shape index (κ2) is 8.90. The summed E-state index contributed by atoms with van der Waals surface area (Å²) < 4.78 is 45.9. The quantitative estimate of drug-likeness (QED) is 0.319. The van der Waals surface area contributed by atoms with Crippen molar-refractivity contribution in [2.24, 2.45) is 0 Å². The zero-order chi connectivity index (χ0) is 15.8. The summed E-state index contributed by atoms with van der Waals surface area (Å²) in [6.07, 6.45) is -3.38. The van der Waals surface area contributed by atoms with Gasteiger partial charge >= 0.3 is 0 Å². The van der Waals surface area contributed by atoms with Crippen LogP contribution in [0.15, 0.2) is 0 Å². The van der Waals surface area contributed by atoms with Crippen molar-refractivity contribution in [2.75, 3.05) is 36.2 Å². The molecular formula is C10H22O8S2. The SMILES string of the molecule is O=S(=O)(CCCO)CC(O)C(O)CS(=O)(=O)CCCO. The first-order valence-corrected chi connectivity index (χ1v) is 9.76. The van der Waals surface area contributed by atoms with Crippen molar-refractivity contribution < 1.29 is 37.3 Å². The molecule has 0 aromatic carbocycles. The second-order valence-corrected chi connectivity index (χ2v) is 8.98. The number of rotatable bonds is 11. The highest BCUT2D eigenvalue weighted by atomic mass is 32.2. The van der Waals surface area contributed by atoms with Gasteiger partial charge in [0.2, 0.25) is 0 Å². The predicted octanol–water partition coefficient (Wildman–Crippen LogP) is -2.70. The third-order valence-corrected chi connectivity index (χ3v) is 6.04. The fraction of sp³-hybridized carbons (Fsp3) is 1.00. The molecule has 0 aromatic heterocycles. The van der Waals surface area contributed by atoms with Crippen LogP contribution in [0, 0.1) is 0 Å². The first-order chi connectivity index (χ1) is 9.13. The highest BCUT2D eigenvalue weighted by Crippen LogP contribution is 2.06. The third kappa shape index (κ3) is 8.82. The minimum atomic E-state index is -3.67. The van der Waals surface area contributed by atoms with Crippen LogP contribution in [0.4, 0.5) is 0 Å². The van der Waals surface area contributed by atoms with E-state index in [2.05, 4.69) is 0 Å². The van der Waals surface area contributed by atoms with E-state index in [0.717, 1.165) is 0 Å². The molecule has 0 aliphatic rings. The molecule has 0 spiro atoms. The Hall–Kier alpha value is -0.260. The molecule has 0 heterocycles. The Kier molecular flexibility index (Phi) is 8.79. The zero-order valence-corrected chi connectivity index (χ0v) is 12.7. The lowest BCUT2D eigenvalue weighted by molar-refractivity contribution is 0.0477. The number of aliphatic hydroxyl groups excluding tert-OH is 4. The first kappa shape index (κ1) is 19.7. The molecule has 0 amide bonds. The number of hydrogen-bond acceptors (Lipinski definition) is 8. The van der Waals surface area contributed by atoms with Crippen molar-refractivity contribution in [2.45, 2.75) is 25.0 Å². The summed E-state index contributed by atoms with van der Waals surface area (Å²) in [5.74, 6) is -2.21. The topological polar surface area (TPSA) is 149 Å². The van der Waals surface area contributed by atoms with Gasteiger partial charge in [-0.25, -0.2) is 16.8 Å². The van der Waals surface area contributed by atoms with Crippen LogP contribution in [0.1, 0.15) is 12.8 Å². The van der Waals surface area contributed by atoms with E-state index >= 15 is 0 Å². The lowest BCUT2D eigenvalue weighted by atomic mass is 10.3. The van der Waals surface area contributed by atoms with Crippen LogP contribution in [-0.4, -0.2) is 85.7 Å². The van der Waals surface area contributed by atoms with Gasteiger partial charge in [0.05, 0.1) is 35.2 Å². The molecule has 2 atom stereocenters. The summed E-state index contributed by atoms with van der Waals surface area (Å²) in [4.78, 5) is 0. The van der Waals surface area contributed by atoms with Crippen LogP contribution >= 0.6 is 0 Å². The van der Waals surface area contributed by atoms with Crippen molar-refractivity contribution in [3.63, 3.8) is 0 Å². The maximum Gasteiger partial charge on any atom is 0.153 e. The minimum Gasteiger partial charge on any atom is -0.396 e. The van der Waals surface area contributed by atoms with Gasteiger partial charge < -0.3 is 20.4 Å². The summed E-state index contributed by atoms with van der Waals surface area (Å²) >= 11 is 0. The fourth-order valence-electron chi connectivity index (χ4n) is 1.48. The Morgan fingerprint density at radius 2 is 1.00 bits per heavy atom. The van der Waals surface area contributed by atoms with Crippen molar-refractivity contribution in [1.29, 1.82) is 0 Å². The first-order valence-electron chi connectivity index (χ1n) is 6.12. The lowest BCUT2D eigenvalue weighted by Crippen LogP contribution is -2.39. The molecule has 122 valence electrons. The van der Waals surface area contributed by atoms with Gasteiger partial charge in [-0.3, -0.25) is 0 Å². The molecule has 0 aromatic rings. The number of aliphatic hydroxyl groups is 4. The summed E-state index contributed by atoms with van der Waals surface area (Å²) in [7, 11) is -7.33. The van der Waals surface area contributed by atoms with Crippen molar-refractivity contribution >= 4 is 19.7 Å². The van der Waals surface area contributed by atoms with Gasteiger partial charge in [0.15, 0.2) is 19.7 Å². The third-order valence-electron chi connectivity index (χ3n) is 2.52. The molecular weight excluding hydrogens is 312 g/mol. The van der Waals surface area contributed by atoms with Gasteiger partial charge in [-0.2, -0.15) is 0 Å². The van der Waals surface area contributed by atoms with Crippen molar-refractivity contribution in [3.8, 4) is 0 Å². The molecule has 0 rings (SSSR count). The maximum absolute atomic E-state index is 11.5. The van der Waals surface area contributed by atoms with Gasteiger partial charge in [0, 0.05) is 13.2 Å². The van der Waals surface area contributed by atoms with Gasteiger partial charge in [-0.1, -0.05) is 0 Å². The van der Waals surface area contributed by atoms with Gasteiger partial charge in [0.1, 0.15) is 0 Å². The average Bonchev–Trinajstić information content (AvgIpc) is 2.33. The van der Waals surface area contributed by atoms with E-state index < -0.39 is 43.4 Å². The fourth-order valence-corrected chi connectivity index (χ4v) is 4.43. The van der Waals surface area contributed by atoms with Crippen LogP contribution in [-0.2, 0) is 19.7 Å². The maximum atomic E-state index is 11.5. The summed E-state index contributed by atoms with van der Waals surface area (Å²) in [6, 6.07) is 0. The molecule has 0 aliphatic carbocycles. The second-order valence-electron chi connectivity index (χ2n) is 4.52. The van der Waals surface area contributed by atoms with E-state index in [1.54, 1.807) is 0 Å². The highest BCUT2D eigenvalue weighted by Gasteiger charge is 2.27. The highest BCUT2D eigenvalue weighted by molar-refractivity contribution is 7.91. The minimum absolute atomic E-state index is 0.0138. The van der Waals surface area contributed by atoms with Crippen LogP contribution in [0.5, 0.6) is 0 Å². The summed E-state index contributed by atoms with van der Waals surface area (Å²) in [5.41, 5.74) is 0. The summed E-state index contributed by atoms with van der Waals surface area (Å²) in [5, 5.41) is 36.1. The van der Waals surface area contributed by atoms with E-state index in [1.807, 2.05) is 0 Å². The Morgan fingerprint density at radius 3 is 1.25 bits per heavy atom. The Bertz CT molecular complexity index is 412. The van der Waals surface area contributed by atoms with E-state index in [-0.39, 0.29) is 37.6 Å². The van der Waals surface area contributed by atoms with E-state index in [1.165, 1.54) is 0 Å². The molecule has 0 saturated carbocycles. The van der Waals surface area contributed by atoms with Crippen LogP contribution in [0.25, 0.3) is 0 Å². The zero-order valence-electron chi connectivity index (χ0n) is 11.0. The molecule has 0 saturated heterocycles. The number of sulfone groups is 2. The summed E-state index contributed by atoms with van der Waals surface area (Å²) in [6.45, 7) is -0.624. The Morgan fingerprint density at radius 1 is 0.700 bits per heavy atom. The van der Waals surface area contributed by atoms with Gasteiger partial charge in [-0.15, -0.1) is 0 Å². The molecule has 2 unspecified atom stereocenters. The van der Waals surface area contributed by atoms with Gasteiger partial charge in [0.25, 0.3) is 0 Å². The van der Waals surface area contributed by atoms with E-state index in [9.17, 15) is 27.0 Å². The van der Waals surface area contributed by atoms with Crippen LogP contribution in [0.2, 0.25) is 0 Å². The lowest BCUT2D eigenvalue weighted by Gasteiger charge is -2.17. The molecule has 0 bridgehead atoms. The standard InChI is InChI=1S/C10H22O8S2/c11-3-1-5-19(15,16)7-9(13)10(14)8-20(17,18)6-2-4-12/h9-14H,1-8H2. The largest absolute Gasteiger partial charge is 0.396 e. The van der Waals surface area contributed by atoms with Crippen molar-refractivity contribution in [1.82, 2.24) is 0 Å². The Labute approximate surface area is 118 Å². The molecule has 20 heavy (non-hydrogen) atoms.